The monoisotopic (exact) mass is 326 g/mol. The number of hydrogen-bond acceptors (Lipinski definition) is 2. The third-order valence-electron chi connectivity index (χ3n) is 4.77. The van der Waals surface area contributed by atoms with Crippen LogP contribution in [0.3, 0.4) is 0 Å². The molecule has 0 radical (unpaired) electrons. The molecule has 0 amide bonds. The lowest BCUT2D eigenvalue weighted by atomic mass is 10.0. The first-order valence-corrected chi connectivity index (χ1v) is 8.85. The normalized spacial score (nSPS) is 24.3. The molecule has 3 rings (SSSR count). The highest BCUT2D eigenvalue weighted by Gasteiger charge is 2.34. The van der Waals surface area contributed by atoms with Gasteiger partial charge in [0.1, 0.15) is 0 Å². The number of hydrogen-bond donors (Lipinski definition) is 1. The highest BCUT2D eigenvalue weighted by molar-refractivity contribution is 6.35. The van der Waals surface area contributed by atoms with E-state index < -0.39 is 0 Å². The van der Waals surface area contributed by atoms with E-state index in [-0.39, 0.29) is 0 Å². The molecule has 2 nitrogen and oxygen atoms in total. The number of benzene rings is 1. The van der Waals surface area contributed by atoms with Crippen molar-refractivity contribution in [2.24, 2.45) is 0 Å². The summed E-state index contributed by atoms with van der Waals surface area (Å²) in [4.78, 5) is 2.64. The fourth-order valence-corrected chi connectivity index (χ4v) is 3.95. The van der Waals surface area contributed by atoms with Crippen molar-refractivity contribution in [2.75, 3.05) is 13.1 Å². The predicted octanol–water partition coefficient (Wildman–Crippen LogP) is 4.66. The summed E-state index contributed by atoms with van der Waals surface area (Å²) in [6, 6.07) is 7.61. The van der Waals surface area contributed by atoms with Gasteiger partial charge in [0.15, 0.2) is 0 Å². The summed E-state index contributed by atoms with van der Waals surface area (Å²) in [6.07, 6.45) is 6.61. The van der Waals surface area contributed by atoms with Crippen LogP contribution in [0.2, 0.25) is 10.0 Å². The van der Waals surface area contributed by atoms with E-state index in [1.165, 1.54) is 44.2 Å². The van der Waals surface area contributed by atoms with Crippen LogP contribution in [0.1, 0.15) is 50.6 Å². The fourth-order valence-electron chi connectivity index (χ4n) is 3.38. The van der Waals surface area contributed by atoms with Crippen molar-refractivity contribution < 1.29 is 0 Å². The van der Waals surface area contributed by atoms with Gasteiger partial charge in [0.25, 0.3) is 0 Å². The standard InChI is InChI=1S/C17H24Cl2N2/c1-12(16-8-5-13(18)10-17(16)19)21(15-6-7-15)11-14-4-2-3-9-20-14/h5,8,10,12,14-15,20H,2-4,6-7,9,11H2,1H3. The smallest absolute Gasteiger partial charge is 0.0468 e. The van der Waals surface area contributed by atoms with Gasteiger partial charge in [-0.2, -0.15) is 0 Å². The Hall–Kier alpha value is -0.280. The molecule has 0 bridgehead atoms. The van der Waals surface area contributed by atoms with Crippen molar-refractivity contribution in [3.8, 4) is 0 Å². The van der Waals surface area contributed by atoms with Gasteiger partial charge in [0.2, 0.25) is 0 Å². The van der Waals surface area contributed by atoms with Crippen LogP contribution in [0.5, 0.6) is 0 Å². The molecule has 0 spiro atoms. The molecule has 1 saturated carbocycles. The van der Waals surface area contributed by atoms with Gasteiger partial charge in [-0.3, -0.25) is 4.90 Å². The first kappa shape index (κ1) is 15.6. The van der Waals surface area contributed by atoms with Crippen LogP contribution in [-0.4, -0.2) is 30.1 Å². The van der Waals surface area contributed by atoms with E-state index in [9.17, 15) is 0 Å². The average molecular weight is 327 g/mol. The predicted molar refractivity (Wildman–Crippen MR) is 90.2 cm³/mol. The maximum Gasteiger partial charge on any atom is 0.0468 e. The minimum Gasteiger partial charge on any atom is -0.313 e. The number of halogens is 2. The summed E-state index contributed by atoms with van der Waals surface area (Å²) in [7, 11) is 0. The Morgan fingerprint density at radius 1 is 1.24 bits per heavy atom. The summed E-state index contributed by atoms with van der Waals surface area (Å²) in [5, 5.41) is 5.17. The lowest BCUT2D eigenvalue weighted by molar-refractivity contribution is 0.167. The first-order chi connectivity index (χ1) is 10.1. The molecule has 116 valence electrons. The lowest BCUT2D eigenvalue weighted by Gasteiger charge is -2.35. The molecule has 1 aromatic rings. The van der Waals surface area contributed by atoms with Crippen molar-refractivity contribution in [1.29, 1.82) is 0 Å². The summed E-state index contributed by atoms with van der Waals surface area (Å²) in [5.41, 5.74) is 1.20. The second kappa shape index (κ2) is 6.87. The van der Waals surface area contributed by atoms with Crippen molar-refractivity contribution in [1.82, 2.24) is 10.2 Å². The first-order valence-electron chi connectivity index (χ1n) is 8.09. The third kappa shape index (κ3) is 3.92. The zero-order valence-electron chi connectivity index (χ0n) is 12.6. The van der Waals surface area contributed by atoms with Crippen molar-refractivity contribution in [3.05, 3.63) is 33.8 Å². The third-order valence-corrected chi connectivity index (χ3v) is 5.33. The molecule has 21 heavy (non-hydrogen) atoms. The summed E-state index contributed by atoms with van der Waals surface area (Å²) >= 11 is 12.4. The molecule has 2 fully saturated rings. The summed E-state index contributed by atoms with van der Waals surface area (Å²) in [6.45, 7) is 4.57. The van der Waals surface area contributed by atoms with Gasteiger partial charge < -0.3 is 5.32 Å². The molecule has 2 atom stereocenters. The maximum atomic E-state index is 6.41. The topological polar surface area (TPSA) is 15.3 Å². The van der Waals surface area contributed by atoms with E-state index in [2.05, 4.69) is 23.2 Å². The van der Waals surface area contributed by atoms with Crippen LogP contribution in [-0.2, 0) is 0 Å². The van der Waals surface area contributed by atoms with Crippen molar-refractivity contribution >= 4 is 23.2 Å². The molecular weight excluding hydrogens is 303 g/mol. The molecule has 1 aliphatic heterocycles. The SMILES string of the molecule is CC(c1ccc(Cl)cc1Cl)N(CC1CCCCN1)C1CC1. The Bertz CT molecular complexity index is 482. The summed E-state index contributed by atoms with van der Waals surface area (Å²) in [5.74, 6) is 0. The molecule has 1 aromatic carbocycles. The molecule has 2 unspecified atom stereocenters. The quantitative estimate of drug-likeness (QED) is 0.846. The second-order valence-corrected chi connectivity index (χ2v) is 7.26. The minimum absolute atomic E-state index is 0.353. The zero-order valence-corrected chi connectivity index (χ0v) is 14.1. The molecule has 1 N–H and O–H groups in total. The van der Waals surface area contributed by atoms with Gasteiger partial charge in [0, 0.05) is 34.7 Å². The van der Waals surface area contributed by atoms with Crippen molar-refractivity contribution in [2.45, 2.75) is 57.2 Å². The van der Waals surface area contributed by atoms with Gasteiger partial charge in [-0.05, 0) is 56.8 Å². The Labute approximate surface area is 137 Å². The van der Waals surface area contributed by atoms with E-state index >= 15 is 0 Å². The van der Waals surface area contributed by atoms with Crippen LogP contribution in [0, 0.1) is 0 Å². The van der Waals surface area contributed by atoms with E-state index in [1.807, 2.05) is 12.1 Å². The van der Waals surface area contributed by atoms with Crippen molar-refractivity contribution in [3.63, 3.8) is 0 Å². The highest BCUT2D eigenvalue weighted by Crippen LogP contribution is 2.37. The Balaban J connectivity index is 1.73. The van der Waals surface area contributed by atoms with Crippen LogP contribution in [0.25, 0.3) is 0 Å². The number of rotatable bonds is 5. The van der Waals surface area contributed by atoms with E-state index in [0.29, 0.717) is 17.1 Å². The highest BCUT2D eigenvalue weighted by atomic mass is 35.5. The van der Waals surface area contributed by atoms with Crippen LogP contribution in [0.15, 0.2) is 18.2 Å². The van der Waals surface area contributed by atoms with Gasteiger partial charge in [0.05, 0.1) is 0 Å². The average Bonchev–Trinajstić information content (AvgIpc) is 3.30. The molecule has 4 heteroatoms. The molecule has 1 heterocycles. The number of nitrogens with zero attached hydrogens (tertiary/aromatic N) is 1. The Kier molecular flexibility index (Phi) is 5.11. The summed E-state index contributed by atoms with van der Waals surface area (Å²) < 4.78 is 0. The molecule has 1 saturated heterocycles. The second-order valence-electron chi connectivity index (χ2n) is 6.42. The molecule has 2 aliphatic rings. The molecule has 0 aromatic heterocycles. The zero-order chi connectivity index (χ0) is 14.8. The lowest BCUT2D eigenvalue weighted by Crippen LogP contribution is -2.45. The number of nitrogens with one attached hydrogen (secondary N) is 1. The van der Waals surface area contributed by atoms with E-state index in [1.54, 1.807) is 0 Å². The van der Waals surface area contributed by atoms with Crippen LogP contribution < -0.4 is 5.32 Å². The van der Waals surface area contributed by atoms with E-state index in [4.69, 9.17) is 23.2 Å². The molecular formula is C17H24Cl2N2. The minimum atomic E-state index is 0.353. The number of piperidine rings is 1. The Morgan fingerprint density at radius 2 is 2.05 bits per heavy atom. The van der Waals surface area contributed by atoms with Crippen LogP contribution in [0.4, 0.5) is 0 Å². The largest absolute Gasteiger partial charge is 0.313 e. The fraction of sp³-hybridized carbons (Fsp3) is 0.647. The Morgan fingerprint density at radius 3 is 2.67 bits per heavy atom. The van der Waals surface area contributed by atoms with E-state index in [0.717, 1.165) is 17.6 Å². The van der Waals surface area contributed by atoms with Gasteiger partial charge in [-0.1, -0.05) is 35.7 Å². The van der Waals surface area contributed by atoms with Gasteiger partial charge >= 0.3 is 0 Å². The maximum absolute atomic E-state index is 6.41. The van der Waals surface area contributed by atoms with Gasteiger partial charge in [-0.15, -0.1) is 0 Å². The van der Waals surface area contributed by atoms with Crippen LogP contribution >= 0.6 is 23.2 Å². The van der Waals surface area contributed by atoms with Gasteiger partial charge in [-0.25, -0.2) is 0 Å². The molecule has 1 aliphatic carbocycles.